The Morgan fingerprint density at radius 1 is 1.23 bits per heavy atom. The number of likely N-dealkylation sites (tertiary alicyclic amines) is 1. The fourth-order valence-electron chi connectivity index (χ4n) is 3.44. The summed E-state index contributed by atoms with van der Waals surface area (Å²) in [6.07, 6.45) is 10.5. The first-order valence-electron chi connectivity index (χ1n) is 8.43. The molecule has 1 aliphatic heterocycles. The van der Waals surface area contributed by atoms with Crippen molar-refractivity contribution in [1.82, 2.24) is 9.88 Å². The molecule has 0 amide bonds. The van der Waals surface area contributed by atoms with Crippen LogP contribution < -0.4 is 4.74 Å². The van der Waals surface area contributed by atoms with Gasteiger partial charge in [-0.15, -0.1) is 0 Å². The Morgan fingerprint density at radius 3 is 2.73 bits per heavy atom. The molecular weight excluding hydrogens is 278 g/mol. The van der Waals surface area contributed by atoms with Gasteiger partial charge in [0.2, 0.25) is 5.88 Å². The largest absolute Gasteiger partial charge is 0.477 e. The number of ether oxygens (including phenoxy) is 1. The highest BCUT2D eigenvalue weighted by Gasteiger charge is 2.23. The van der Waals surface area contributed by atoms with Crippen LogP contribution in [0.5, 0.6) is 5.88 Å². The van der Waals surface area contributed by atoms with Crippen LogP contribution in [-0.4, -0.2) is 40.6 Å². The van der Waals surface area contributed by atoms with Gasteiger partial charge in [0, 0.05) is 19.3 Å². The van der Waals surface area contributed by atoms with Crippen LogP contribution in [0, 0.1) is 5.92 Å². The fraction of sp³-hybridized carbons (Fsp3) is 0.647. The molecule has 1 N–H and O–H groups in total. The van der Waals surface area contributed by atoms with Gasteiger partial charge in [0.15, 0.2) is 5.84 Å². The third-order valence-electron chi connectivity index (χ3n) is 4.69. The van der Waals surface area contributed by atoms with Gasteiger partial charge < -0.3 is 14.8 Å². The predicted molar refractivity (Wildman–Crippen MR) is 85.4 cm³/mol. The molecule has 2 fully saturated rings. The Bertz CT molecular complexity index is 506. The van der Waals surface area contributed by atoms with Crippen molar-refractivity contribution in [3.05, 3.63) is 23.9 Å². The molecule has 0 radical (unpaired) electrons. The van der Waals surface area contributed by atoms with Crippen molar-refractivity contribution in [1.29, 1.82) is 0 Å². The van der Waals surface area contributed by atoms with E-state index in [4.69, 9.17) is 4.74 Å². The van der Waals surface area contributed by atoms with Crippen LogP contribution in [0.4, 0.5) is 0 Å². The van der Waals surface area contributed by atoms with Crippen LogP contribution in [-0.2, 0) is 0 Å². The van der Waals surface area contributed by atoms with Gasteiger partial charge in [-0.05, 0) is 43.7 Å². The number of nitrogens with zero attached hydrogens (tertiary/aromatic N) is 3. The molecule has 1 aromatic rings. The molecule has 0 unspecified atom stereocenters. The summed E-state index contributed by atoms with van der Waals surface area (Å²) in [4.78, 5) is 6.46. The highest BCUT2D eigenvalue weighted by Crippen LogP contribution is 2.26. The molecule has 22 heavy (non-hydrogen) atoms. The standard InChI is InChI=1S/C17H25N3O2/c21-19-16(20-11-4-5-12-20)15-9-6-10-18-17(15)22-13-14-7-2-1-3-8-14/h6,9-10,14,21H,1-5,7-8,11-13H2/b19-16-. The fourth-order valence-corrected chi connectivity index (χ4v) is 3.44. The van der Waals surface area contributed by atoms with Gasteiger partial charge in [-0.25, -0.2) is 4.98 Å². The third kappa shape index (κ3) is 3.51. The predicted octanol–water partition coefficient (Wildman–Crippen LogP) is 3.27. The summed E-state index contributed by atoms with van der Waals surface area (Å²) >= 11 is 0. The maximum atomic E-state index is 9.44. The Kier molecular flexibility index (Phi) is 5.14. The monoisotopic (exact) mass is 303 g/mol. The molecule has 1 aromatic heterocycles. The normalized spacial score (nSPS) is 20.4. The SMILES string of the molecule is O/N=C(/c1cccnc1OCC1CCCCC1)N1CCCC1. The number of hydrogen-bond donors (Lipinski definition) is 1. The first-order valence-corrected chi connectivity index (χ1v) is 8.43. The first kappa shape index (κ1) is 15.1. The molecule has 1 saturated heterocycles. The van der Waals surface area contributed by atoms with Gasteiger partial charge in [-0.2, -0.15) is 0 Å². The smallest absolute Gasteiger partial charge is 0.224 e. The van der Waals surface area contributed by atoms with Gasteiger partial charge in [-0.3, -0.25) is 0 Å². The minimum atomic E-state index is 0.587. The summed E-state index contributed by atoms with van der Waals surface area (Å²) in [6.45, 7) is 2.56. The molecular formula is C17H25N3O2. The molecule has 0 spiro atoms. The van der Waals surface area contributed by atoms with E-state index < -0.39 is 0 Å². The Morgan fingerprint density at radius 2 is 2.00 bits per heavy atom. The van der Waals surface area contributed by atoms with Crippen LogP contribution in [0.25, 0.3) is 0 Å². The zero-order valence-electron chi connectivity index (χ0n) is 13.1. The lowest BCUT2D eigenvalue weighted by Crippen LogP contribution is -2.29. The molecule has 1 aliphatic carbocycles. The average Bonchev–Trinajstić information content (AvgIpc) is 3.10. The molecule has 2 heterocycles. The molecule has 2 aliphatic rings. The summed E-state index contributed by atoms with van der Waals surface area (Å²) in [6, 6.07) is 3.79. The highest BCUT2D eigenvalue weighted by molar-refractivity contribution is 6.00. The van der Waals surface area contributed by atoms with Gasteiger partial charge in [0.1, 0.15) is 0 Å². The second-order valence-electron chi connectivity index (χ2n) is 6.29. The molecule has 0 aromatic carbocycles. The van der Waals surface area contributed by atoms with Crippen molar-refractivity contribution in [2.45, 2.75) is 44.9 Å². The lowest BCUT2D eigenvalue weighted by molar-refractivity contribution is 0.202. The van der Waals surface area contributed by atoms with E-state index in [9.17, 15) is 5.21 Å². The van der Waals surface area contributed by atoms with E-state index in [1.165, 1.54) is 32.1 Å². The number of pyridine rings is 1. The second-order valence-corrected chi connectivity index (χ2v) is 6.29. The summed E-state index contributed by atoms with van der Waals surface area (Å²) < 4.78 is 5.99. The molecule has 5 nitrogen and oxygen atoms in total. The Hall–Kier alpha value is -1.78. The van der Waals surface area contributed by atoms with Gasteiger partial charge in [-0.1, -0.05) is 24.4 Å². The zero-order chi connectivity index (χ0) is 15.2. The second kappa shape index (κ2) is 7.47. The van der Waals surface area contributed by atoms with Crippen LogP contribution >= 0.6 is 0 Å². The summed E-state index contributed by atoms with van der Waals surface area (Å²) in [5, 5.41) is 13.0. The van der Waals surface area contributed by atoms with Crippen LogP contribution in [0.1, 0.15) is 50.5 Å². The maximum Gasteiger partial charge on any atom is 0.224 e. The van der Waals surface area contributed by atoms with Crippen molar-refractivity contribution in [3.8, 4) is 5.88 Å². The molecule has 3 rings (SSSR count). The minimum absolute atomic E-state index is 0.587. The number of amidine groups is 1. The van der Waals surface area contributed by atoms with E-state index >= 15 is 0 Å². The average molecular weight is 303 g/mol. The molecule has 120 valence electrons. The van der Waals surface area contributed by atoms with Crippen molar-refractivity contribution in [3.63, 3.8) is 0 Å². The van der Waals surface area contributed by atoms with E-state index in [2.05, 4.69) is 15.0 Å². The summed E-state index contributed by atoms with van der Waals surface area (Å²) in [5.74, 6) is 1.81. The number of rotatable bonds is 4. The number of hydrogen-bond acceptors (Lipinski definition) is 4. The Labute approximate surface area is 132 Å². The molecule has 5 heteroatoms. The van der Waals surface area contributed by atoms with Crippen molar-refractivity contribution >= 4 is 5.84 Å². The number of aromatic nitrogens is 1. The minimum Gasteiger partial charge on any atom is -0.477 e. The van der Waals surface area contributed by atoms with E-state index in [-0.39, 0.29) is 0 Å². The van der Waals surface area contributed by atoms with Crippen LogP contribution in [0.3, 0.4) is 0 Å². The number of oxime groups is 1. The lowest BCUT2D eigenvalue weighted by Gasteiger charge is -2.23. The quantitative estimate of drug-likeness (QED) is 0.401. The summed E-state index contributed by atoms with van der Waals surface area (Å²) in [5.41, 5.74) is 0.794. The third-order valence-corrected chi connectivity index (χ3v) is 4.69. The topological polar surface area (TPSA) is 58.0 Å². The molecule has 0 bridgehead atoms. The van der Waals surface area contributed by atoms with Crippen molar-refractivity contribution in [2.75, 3.05) is 19.7 Å². The van der Waals surface area contributed by atoms with Crippen LogP contribution in [0.15, 0.2) is 23.5 Å². The molecule has 0 atom stereocenters. The van der Waals surface area contributed by atoms with Gasteiger partial charge in [0.25, 0.3) is 0 Å². The first-order chi connectivity index (χ1) is 10.9. The van der Waals surface area contributed by atoms with Gasteiger partial charge in [0.05, 0.1) is 12.2 Å². The van der Waals surface area contributed by atoms with E-state index in [1.807, 2.05) is 12.1 Å². The van der Waals surface area contributed by atoms with Crippen molar-refractivity contribution < 1.29 is 9.94 Å². The lowest BCUT2D eigenvalue weighted by atomic mass is 9.90. The maximum absolute atomic E-state index is 9.44. The van der Waals surface area contributed by atoms with Crippen molar-refractivity contribution in [2.24, 2.45) is 11.1 Å². The zero-order valence-corrected chi connectivity index (χ0v) is 13.1. The van der Waals surface area contributed by atoms with E-state index in [0.29, 0.717) is 24.2 Å². The molecule has 1 saturated carbocycles. The van der Waals surface area contributed by atoms with Crippen LogP contribution in [0.2, 0.25) is 0 Å². The Balaban J connectivity index is 1.71. The van der Waals surface area contributed by atoms with E-state index in [1.54, 1.807) is 6.20 Å². The van der Waals surface area contributed by atoms with Gasteiger partial charge >= 0.3 is 0 Å². The summed E-state index contributed by atoms with van der Waals surface area (Å²) in [7, 11) is 0. The van der Waals surface area contributed by atoms with E-state index in [0.717, 1.165) is 31.5 Å². The highest BCUT2D eigenvalue weighted by atomic mass is 16.5.